The third-order valence-electron chi connectivity index (χ3n) is 9.73. The van der Waals surface area contributed by atoms with Crippen molar-refractivity contribution in [3.63, 3.8) is 0 Å². The van der Waals surface area contributed by atoms with Gasteiger partial charge in [0.2, 0.25) is 17.6 Å². The lowest BCUT2D eigenvalue weighted by atomic mass is 9.77. The van der Waals surface area contributed by atoms with Crippen molar-refractivity contribution in [1.82, 2.24) is 20.9 Å². The topological polar surface area (TPSA) is 151 Å². The second-order valence-corrected chi connectivity index (χ2v) is 14.6. The third kappa shape index (κ3) is 8.39. The Morgan fingerprint density at radius 2 is 1.64 bits per heavy atom. The maximum atomic E-state index is 14.2. The molecule has 3 aliphatic rings. The zero-order valence-corrected chi connectivity index (χ0v) is 26.8. The molecular formula is C34H51N5O5. The molecule has 3 fully saturated rings. The average Bonchev–Trinajstić information content (AvgIpc) is 3.34. The van der Waals surface area contributed by atoms with Crippen molar-refractivity contribution in [2.45, 2.75) is 122 Å². The normalized spacial score (nSPS) is 23.1. The summed E-state index contributed by atoms with van der Waals surface area (Å²) in [5.41, 5.74) is 5.41. The number of amides is 5. The van der Waals surface area contributed by atoms with Gasteiger partial charge in [-0.15, -0.1) is 0 Å². The number of benzene rings is 1. The Balaban J connectivity index is 1.48. The number of hydrogen-bond acceptors (Lipinski definition) is 5. The molecule has 0 bridgehead atoms. The van der Waals surface area contributed by atoms with Crippen molar-refractivity contribution in [1.29, 1.82) is 0 Å². The molecule has 44 heavy (non-hydrogen) atoms. The molecule has 4 atom stereocenters. The summed E-state index contributed by atoms with van der Waals surface area (Å²) < 4.78 is 0. The Bertz CT molecular complexity index is 1200. The van der Waals surface area contributed by atoms with Crippen LogP contribution in [0.2, 0.25) is 0 Å². The van der Waals surface area contributed by atoms with Crippen molar-refractivity contribution in [3.05, 3.63) is 35.9 Å². The number of nitrogens with one attached hydrogen (secondary N) is 3. The fourth-order valence-electron chi connectivity index (χ4n) is 7.05. The molecule has 0 spiro atoms. The predicted molar refractivity (Wildman–Crippen MR) is 168 cm³/mol. The number of nitrogens with two attached hydrogens (primary N) is 1. The second kappa shape index (κ2) is 14.1. The summed E-state index contributed by atoms with van der Waals surface area (Å²) in [5.74, 6) is -2.40. The molecule has 10 nitrogen and oxygen atoms in total. The lowest BCUT2D eigenvalue weighted by Crippen LogP contribution is -2.62. The molecule has 10 heteroatoms. The highest BCUT2D eigenvalue weighted by molar-refractivity contribution is 6.37. The van der Waals surface area contributed by atoms with Gasteiger partial charge < -0.3 is 26.6 Å². The van der Waals surface area contributed by atoms with E-state index < -0.39 is 52.7 Å². The quantitative estimate of drug-likeness (QED) is 0.283. The number of Topliss-reactive ketones (excluding diaryl/α,β-unsaturated/α-hetero) is 1. The highest BCUT2D eigenvalue weighted by Gasteiger charge is 2.45. The highest BCUT2D eigenvalue weighted by atomic mass is 16.2. The van der Waals surface area contributed by atoms with Gasteiger partial charge in [0.15, 0.2) is 0 Å². The number of hydrogen-bond donors (Lipinski definition) is 4. The van der Waals surface area contributed by atoms with Gasteiger partial charge in [-0.1, -0.05) is 96.6 Å². The molecule has 5 N–H and O–H groups in total. The molecule has 5 amide bonds. The van der Waals surface area contributed by atoms with Crippen molar-refractivity contribution in [2.75, 3.05) is 6.54 Å². The smallest absolute Gasteiger partial charge is 0.315 e. The van der Waals surface area contributed by atoms with Crippen LogP contribution in [-0.2, 0) is 25.6 Å². The molecule has 2 aliphatic carbocycles. The zero-order valence-electron chi connectivity index (χ0n) is 26.8. The number of carbonyl (C=O) groups is 5. The van der Waals surface area contributed by atoms with Crippen molar-refractivity contribution in [2.24, 2.45) is 23.0 Å². The number of primary amides is 1. The summed E-state index contributed by atoms with van der Waals surface area (Å²) in [6.07, 6.45) is 9.34. The molecule has 1 aliphatic heterocycles. The number of rotatable bonds is 11. The van der Waals surface area contributed by atoms with Crippen LogP contribution < -0.4 is 21.7 Å². The molecule has 1 unspecified atom stereocenters. The largest absolute Gasteiger partial charge is 0.363 e. The first-order chi connectivity index (χ1) is 20.8. The maximum absolute atomic E-state index is 14.2. The van der Waals surface area contributed by atoms with Crippen LogP contribution in [0.3, 0.4) is 0 Å². The SMILES string of the molecule is C[C@@H]1C[C@@H](C(=O)NC(CC2CCC2)C(=O)C(N)=O)N(C(=O)[C@@H](NC(=O)NC2(Cc3ccccc3)CCCCC2)C(C)(C)C)C1. The van der Waals surface area contributed by atoms with Crippen molar-refractivity contribution < 1.29 is 24.0 Å². The van der Waals surface area contributed by atoms with Crippen LogP contribution in [0, 0.1) is 17.3 Å². The van der Waals surface area contributed by atoms with Gasteiger partial charge >= 0.3 is 6.03 Å². The van der Waals surface area contributed by atoms with Crippen LogP contribution in [0.25, 0.3) is 0 Å². The van der Waals surface area contributed by atoms with Gasteiger partial charge in [0, 0.05) is 12.1 Å². The van der Waals surface area contributed by atoms with Gasteiger partial charge in [0.05, 0.1) is 6.04 Å². The van der Waals surface area contributed by atoms with Crippen LogP contribution in [-0.4, -0.2) is 64.6 Å². The first-order valence-corrected chi connectivity index (χ1v) is 16.3. The standard InChI is InChI=1S/C34H51N5O5/c1-22-18-26(30(42)36-25(27(40)29(35)41)19-23-14-11-15-23)39(21-22)31(43)28(33(2,3)4)37-32(44)38-34(16-9-6-10-17-34)20-24-12-7-5-8-13-24/h5,7-8,12-13,22-23,25-26,28H,6,9-11,14-21H2,1-4H3,(H2,35,41)(H,36,42)(H2,37,38,44)/t22-,25?,26+,28-/m1/s1. The number of carbonyl (C=O) groups excluding carboxylic acids is 5. The van der Waals surface area contributed by atoms with E-state index in [4.69, 9.17) is 5.73 Å². The van der Waals surface area contributed by atoms with Crippen LogP contribution in [0.1, 0.15) is 97.5 Å². The Morgan fingerprint density at radius 1 is 0.977 bits per heavy atom. The Labute approximate surface area is 261 Å². The Hall–Kier alpha value is -3.43. The van der Waals surface area contributed by atoms with Gasteiger partial charge in [-0.3, -0.25) is 19.2 Å². The van der Waals surface area contributed by atoms with E-state index in [2.05, 4.69) is 28.1 Å². The van der Waals surface area contributed by atoms with E-state index in [1.54, 1.807) is 0 Å². The molecule has 1 heterocycles. The number of urea groups is 1. The monoisotopic (exact) mass is 609 g/mol. The second-order valence-electron chi connectivity index (χ2n) is 14.6. The molecule has 2 saturated carbocycles. The van der Waals surface area contributed by atoms with Gasteiger partial charge in [0.25, 0.3) is 5.91 Å². The van der Waals surface area contributed by atoms with Gasteiger partial charge in [-0.2, -0.15) is 0 Å². The third-order valence-corrected chi connectivity index (χ3v) is 9.73. The molecule has 242 valence electrons. The first-order valence-electron chi connectivity index (χ1n) is 16.3. The summed E-state index contributed by atoms with van der Waals surface area (Å²) >= 11 is 0. The summed E-state index contributed by atoms with van der Waals surface area (Å²) in [7, 11) is 0. The number of likely N-dealkylation sites (tertiary alicyclic amines) is 1. The van der Waals surface area contributed by atoms with Crippen LogP contribution in [0.5, 0.6) is 0 Å². The Morgan fingerprint density at radius 3 is 2.20 bits per heavy atom. The lowest BCUT2D eigenvalue weighted by Gasteiger charge is -2.40. The van der Waals surface area contributed by atoms with Crippen LogP contribution in [0.15, 0.2) is 30.3 Å². The van der Waals surface area contributed by atoms with Crippen molar-refractivity contribution in [3.8, 4) is 0 Å². The molecule has 4 rings (SSSR count). The van der Waals surface area contributed by atoms with Crippen LogP contribution >= 0.6 is 0 Å². The maximum Gasteiger partial charge on any atom is 0.315 e. The fourth-order valence-corrected chi connectivity index (χ4v) is 7.05. The highest BCUT2D eigenvalue weighted by Crippen LogP contribution is 2.33. The zero-order chi connectivity index (χ0) is 32.1. The molecule has 1 aromatic rings. The first kappa shape index (κ1) is 33.5. The van der Waals surface area contributed by atoms with E-state index in [9.17, 15) is 24.0 Å². The van der Waals surface area contributed by atoms with Gasteiger partial charge in [0.1, 0.15) is 12.1 Å². The van der Waals surface area contributed by atoms with E-state index in [1.807, 2.05) is 45.9 Å². The Kier molecular flexibility index (Phi) is 10.7. The molecule has 0 aromatic heterocycles. The number of nitrogens with zero attached hydrogens (tertiary/aromatic N) is 1. The minimum atomic E-state index is -1.08. The fraction of sp³-hybridized carbons (Fsp3) is 0.676. The minimum Gasteiger partial charge on any atom is -0.363 e. The van der Waals surface area contributed by atoms with Gasteiger partial charge in [-0.05, 0) is 54.9 Å². The molecule has 1 aromatic carbocycles. The van der Waals surface area contributed by atoms with E-state index >= 15 is 0 Å². The minimum absolute atomic E-state index is 0.0393. The lowest BCUT2D eigenvalue weighted by molar-refractivity contribution is -0.143. The predicted octanol–water partition coefficient (Wildman–Crippen LogP) is 3.61. The molecule has 1 saturated heterocycles. The molecular weight excluding hydrogens is 558 g/mol. The van der Waals surface area contributed by atoms with Crippen molar-refractivity contribution >= 4 is 29.5 Å². The number of ketones is 1. The van der Waals surface area contributed by atoms with E-state index in [0.717, 1.165) is 56.9 Å². The summed E-state index contributed by atoms with van der Waals surface area (Å²) in [5, 5.41) is 9.02. The van der Waals surface area contributed by atoms with Gasteiger partial charge in [-0.25, -0.2) is 4.79 Å². The summed E-state index contributed by atoms with van der Waals surface area (Å²) in [6.45, 7) is 8.00. The van der Waals surface area contributed by atoms with E-state index in [0.29, 0.717) is 25.8 Å². The van der Waals surface area contributed by atoms with E-state index in [1.165, 1.54) is 4.90 Å². The van der Waals surface area contributed by atoms with Crippen LogP contribution in [0.4, 0.5) is 4.79 Å². The summed E-state index contributed by atoms with van der Waals surface area (Å²) in [4.78, 5) is 67.3. The van der Waals surface area contributed by atoms with E-state index in [-0.39, 0.29) is 17.7 Å². The summed E-state index contributed by atoms with van der Waals surface area (Å²) in [6, 6.07) is 7.03. The molecule has 0 radical (unpaired) electrons. The average molecular weight is 610 g/mol.